The lowest BCUT2D eigenvalue weighted by Crippen LogP contribution is -2.03. The van der Waals surface area contributed by atoms with E-state index in [1.807, 2.05) is 39.1 Å². The van der Waals surface area contributed by atoms with Crippen LogP contribution in [0.25, 0.3) is 11.3 Å². The maximum absolute atomic E-state index is 5.30. The van der Waals surface area contributed by atoms with Gasteiger partial charge in [0.15, 0.2) is 5.82 Å². The molecule has 0 aliphatic heterocycles. The Kier molecular flexibility index (Phi) is 4.08. The minimum Gasteiger partial charge on any atom is -0.497 e. The molecule has 1 heterocycles. The number of hydrogen-bond donors (Lipinski definition) is 1. The van der Waals surface area contributed by atoms with E-state index < -0.39 is 0 Å². The molecule has 2 aromatic rings. The van der Waals surface area contributed by atoms with Gasteiger partial charge >= 0.3 is 0 Å². The van der Waals surface area contributed by atoms with Crippen LogP contribution >= 0.6 is 0 Å². The third-order valence-electron chi connectivity index (χ3n) is 3.17. The first-order valence-electron chi connectivity index (χ1n) is 6.35. The van der Waals surface area contributed by atoms with Gasteiger partial charge in [0.1, 0.15) is 17.2 Å². The molecule has 0 aliphatic carbocycles. The first kappa shape index (κ1) is 14.1. The molecule has 0 bridgehead atoms. The van der Waals surface area contributed by atoms with E-state index in [1.54, 1.807) is 14.2 Å². The van der Waals surface area contributed by atoms with E-state index >= 15 is 0 Å². The van der Waals surface area contributed by atoms with Gasteiger partial charge in [-0.05, 0) is 26.0 Å². The number of nitrogens with zero attached hydrogens (tertiary/aromatic N) is 2. The zero-order valence-electron chi connectivity index (χ0n) is 12.4. The number of benzene rings is 1. The average molecular weight is 273 g/mol. The van der Waals surface area contributed by atoms with Crippen LogP contribution in [0.4, 0.5) is 5.82 Å². The van der Waals surface area contributed by atoms with Crippen LogP contribution < -0.4 is 14.8 Å². The lowest BCUT2D eigenvalue weighted by atomic mass is 10.1. The zero-order valence-corrected chi connectivity index (χ0v) is 12.4. The molecule has 1 N–H and O–H groups in total. The van der Waals surface area contributed by atoms with Gasteiger partial charge in [0.25, 0.3) is 0 Å². The lowest BCUT2D eigenvalue weighted by molar-refractivity contribution is 0.394. The van der Waals surface area contributed by atoms with E-state index in [9.17, 15) is 0 Å². The number of rotatable bonds is 4. The Labute approximate surface area is 119 Å². The van der Waals surface area contributed by atoms with Crippen molar-refractivity contribution < 1.29 is 9.47 Å². The minimum absolute atomic E-state index is 0.724. The van der Waals surface area contributed by atoms with E-state index in [2.05, 4.69) is 15.3 Å². The second-order valence-electron chi connectivity index (χ2n) is 4.44. The average Bonchev–Trinajstić information content (AvgIpc) is 2.48. The summed E-state index contributed by atoms with van der Waals surface area (Å²) < 4.78 is 10.6. The Morgan fingerprint density at radius 1 is 0.900 bits per heavy atom. The molecule has 0 unspecified atom stereocenters. The highest BCUT2D eigenvalue weighted by molar-refractivity contribution is 5.74. The summed E-state index contributed by atoms with van der Waals surface area (Å²) in [6.07, 6.45) is 0. The van der Waals surface area contributed by atoms with Gasteiger partial charge < -0.3 is 14.8 Å². The van der Waals surface area contributed by atoms with Crippen molar-refractivity contribution in [1.82, 2.24) is 9.97 Å². The second-order valence-corrected chi connectivity index (χ2v) is 4.44. The first-order valence-corrected chi connectivity index (χ1v) is 6.35. The van der Waals surface area contributed by atoms with Crippen molar-refractivity contribution >= 4 is 5.82 Å². The quantitative estimate of drug-likeness (QED) is 0.928. The molecular formula is C15H19N3O2. The minimum atomic E-state index is 0.724. The largest absolute Gasteiger partial charge is 0.497 e. The van der Waals surface area contributed by atoms with Crippen molar-refractivity contribution in [3.05, 3.63) is 29.6 Å². The number of nitrogens with one attached hydrogen (secondary N) is 1. The molecule has 0 radical (unpaired) electrons. The normalized spacial score (nSPS) is 10.2. The van der Waals surface area contributed by atoms with Crippen molar-refractivity contribution in [2.24, 2.45) is 0 Å². The zero-order chi connectivity index (χ0) is 14.7. The summed E-state index contributed by atoms with van der Waals surface area (Å²) >= 11 is 0. The van der Waals surface area contributed by atoms with Crippen LogP contribution in [0.15, 0.2) is 18.2 Å². The molecular weight excluding hydrogens is 254 g/mol. The van der Waals surface area contributed by atoms with Crippen molar-refractivity contribution in [3.63, 3.8) is 0 Å². The Morgan fingerprint density at radius 2 is 1.45 bits per heavy atom. The topological polar surface area (TPSA) is 56.3 Å². The van der Waals surface area contributed by atoms with E-state index in [-0.39, 0.29) is 0 Å². The Morgan fingerprint density at radius 3 is 1.95 bits per heavy atom. The van der Waals surface area contributed by atoms with E-state index in [0.717, 1.165) is 40.0 Å². The Hall–Kier alpha value is -2.30. The molecule has 0 spiro atoms. The molecule has 1 aromatic carbocycles. The molecule has 5 heteroatoms. The highest BCUT2D eigenvalue weighted by Gasteiger charge is 2.12. The third-order valence-corrected chi connectivity index (χ3v) is 3.17. The smallest absolute Gasteiger partial charge is 0.152 e. The van der Waals surface area contributed by atoms with Crippen LogP contribution in [0, 0.1) is 13.8 Å². The molecule has 106 valence electrons. The standard InChI is InChI=1S/C15H19N3O2/c1-9-10(2)18-15(16-3)14(17-9)11-6-12(19-4)8-13(7-11)20-5/h6-8H,1-5H3,(H,16,18). The molecule has 0 aliphatic rings. The fraction of sp³-hybridized carbons (Fsp3) is 0.333. The molecule has 0 atom stereocenters. The van der Waals surface area contributed by atoms with Gasteiger partial charge in [-0.25, -0.2) is 9.97 Å². The van der Waals surface area contributed by atoms with Gasteiger partial charge in [-0.3, -0.25) is 0 Å². The number of hydrogen-bond acceptors (Lipinski definition) is 5. The van der Waals surface area contributed by atoms with Crippen LogP contribution in [-0.4, -0.2) is 31.2 Å². The van der Waals surface area contributed by atoms with Crippen LogP contribution in [-0.2, 0) is 0 Å². The fourth-order valence-electron chi connectivity index (χ4n) is 1.92. The molecule has 0 fully saturated rings. The van der Waals surface area contributed by atoms with Gasteiger partial charge in [-0.1, -0.05) is 0 Å². The molecule has 20 heavy (non-hydrogen) atoms. The highest BCUT2D eigenvalue weighted by Crippen LogP contribution is 2.32. The summed E-state index contributed by atoms with van der Waals surface area (Å²) in [5.41, 5.74) is 3.50. The number of aryl methyl sites for hydroxylation is 2. The number of aromatic nitrogens is 2. The van der Waals surface area contributed by atoms with Gasteiger partial charge in [0, 0.05) is 18.7 Å². The van der Waals surface area contributed by atoms with Crippen LogP contribution in [0.3, 0.4) is 0 Å². The fourth-order valence-corrected chi connectivity index (χ4v) is 1.92. The molecule has 0 saturated carbocycles. The highest BCUT2D eigenvalue weighted by atomic mass is 16.5. The first-order chi connectivity index (χ1) is 9.58. The van der Waals surface area contributed by atoms with Gasteiger partial charge in [0.05, 0.1) is 25.6 Å². The maximum Gasteiger partial charge on any atom is 0.152 e. The lowest BCUT2D eigenvalue weighted by Gasteiger charge is -2.12. The van der Waals surface area contributed by atoms with Crippen molar-refractivity contribution in [2.75, 3.05) is 26.6 Å². The number of methoxy groups -OCH3 is 2. The van der Waals surface area contributed by atoms with Crippen molar-refractivity contribution in [1.29, 1.82) is 0 Å². The third kappa shape index (κ3) is 2.66. The predicted octanol–water partition coefficient (Wildman–Crippen LogP) is 2.82. The van der Waals surface area contributed by atoms with E-state index in [0.29, 0.717) is 0 Å². The molecule has 5 nitrogen and oxygen atoms in total. The van der Waals surface area contributed by atoms with Crippen molar-refractivity contribution in [2.45, 2.75) is 13.8 Å². The van der Waals surface area contributed by atoms with E-state index in [1.165, 1.54) is 0 Å². The number of anilines is 1. The summed E-state index contributed by atoms with van der Waals surface area (Å²) in [4.78, 5) is 9.15. The summed E-state index contributed by atoms with van der Waals surface area (Å²) in [5, 5.41) is 3.08. The van der Waals surface area contributed by atoms with Crippen LogP contribution in [0.1, 0.15) is 11.4 Å². The monoisotopic (exact) mass is 273 g/mol. The molecule has 0 saturated heterocycles. The van der Waals surface area contributed by atoms with Crippen LogP contribution in [0.5, 0.6) is 11.5 Å². The number of ether oxygens (including phenoxy) is 2. The Bertz CT molecular complexity index is 605. The summed E-state index contributed by atoms with van der Waals surface area (Å²) in [5.74, 6) is 2.19. The summed E-state index contributed by atoms with van der Waals surface area (Å²) in [6.45, 7) is 3.89. The summed E-state index contributed by atoms with van der Waals surface area (Å²) in [6, 6.07) is 5.67. The molecule has 2 rings (SSSR count). The van der Waals surface area contributed by atoms with Crippen LogP contribution in [0.2, 0.25) is 0 Å². The maximum atomic E-state index is 5.30. The van der Waals surface area contributed by atoms with Gasteiger partial charge in [-0.15, -0.1) is 0 Å². The van der Waals surface area contributed by atoms with Gasteiger partial charge in [0.2, 0.25) is 0 Å². The second kappa shape index (κ2) is 5.77. The predicted molar refractivity (Wildman–Crippen MR) is 79.6 cm³/mol. The van der Waals surface area contributed by atoms with Crippen molar-refractivity contribution in [3.8, 4) is 22.8 Å². The summed E-state index contributed by atoms with van der Waals surface area (Å²) in [7, 11) is 5.09. The van der Waals surface area contributed by atoms with Gasteiger partial charge in [-0.2, -0.15) is 0 Å². The molecule has 1 aromatic heterocycles. The van der Waals surface area contributed by atoms with E-state index in [4.69, 9.17) is 9.47 Å². The molecule has 0 amide bonds. The Balaban J connectivity index is 2.63. The SMILES string of the molecule is CNc1nc(C)c(C)nc1-c1cc(OC)cc(OC)c1.